The van der Waals surface area contributed by atoms with Crippen molar-refractivity contribution in [2.24, 2.45) is 0 Å². The first-order chi connectivity index (χ1) is 9.74. The lowest BCUT2D eigenvalue weighted by Gasteiger charge is -2.20. The summed E-state index contributed by atoms with van der Waals surface area (Å²) >= 11 is 0. The smallest absolute Gasteiger partial charge is 0.203 e. The van der Waals surface area contributed by atoms with Gasteiger partial charge in [-0.2, -0.15) is 0 Å². The molecule has 2 unspecified atom stereocenters. The summed E-state index contributed by atoms with van der Waals surface area (Å²) in [5.74, 6) is 0.966. The highest BCUT2D eigenvalue weighted by Crippen LogP contribution is 2.25. The molecule has 1 saturated carbocycles. The van der Waals surface area contributed by atoms with Gasteiger partial charge in [0.15, 0.2) is 0 Å². The fourth-order valence-corrected chi connectivity index (χ4v) is 2.85. The molecule has 0 amide bonds. The van der Waals surface area contributed by atoms with Crippen molar-refractivity contribution in [2.45, 2.75) is 58.2 Å². The Morgan fingerprint density at radius 1 is 1.45 bits per heavy atom. The van der Waals surface area contributed by atoms with E-state index in [9.17, 15) is 0 Å². The number of nitrogens with one attached hydrogen (secondary N) is 1. The third-order valence-electron chi connectivity index (χ3n) is 3.86. The zero-order valence-corrected chi connectivity index (χ0v) is 12.9. The van der Waals surface area contributed by atoms with Gasteiger partial charge in [-0.1, -0.05) is 0 Å². The van der Waals surface area contributed by atoms with Gasteiger partial charge in [-0.3, -0.25) is 0 Å². The Morgan fingerprint density at radius 3 is 3.05 bits per heavy atom. The van der Waals surface area contributed by atoms with E-state index in [1.54, 1.807) is 7.11 Å². The third kappa shape index (κ3) is 3.96. The van der Waals surface area contributed by atoms with E-state index in [4.69, 9.17) is 9.47 Å². The molecule has 0 aliphatic heterocycles. The Morgan fingerprint density at radius 2 is 2.30 bits per heavy atom. The van der Waals surface area contributed by atoms with E-state index < -0.39 is 0 Å². The summed E-state index contributed by atoms with van der Waals surface area (Å²) in [6.45, 7) is 6.59. The topological polar surface area (TPSA) is 48.3 Å². The largest absolute Gasteiger partial charge is 0.382 e. The van der Waals surface area contributed by atoms with Crippen molar-refractivity contribution in [3.05, 3.63) is 11.9 Å². The minimum absolute atomic E-state index is 0.309. The van der Waals surface area contributed by atoms with Gasteiger partial charge >= 0.3 is 0 Å². The van der Waals surface area contributed by atoms with E-state index in [2.05, 4.69) is 21.1 Å². The monoisotopic (exact) mass is 281 g/mol. The molecule has 5 nitrogen and oxygen atoms in total. The highest BCUT2D eigenvalue weighted by atomic mass is 16.5. The molecule has 1 aromatic rings. The summed E-state index contributed by atoms with van der Waals surface area (Å²) in [4.78, 5) is 4.60. The SMILES string of the molecule is CCOCCCn1cc(C)nc1NC1CCCC1OC. The van der Waals surface area contributed by atoms with Crippen molar-refractivity contribution in [1.29, 1.82) is 0 Å². The van der Waals surface area contributed by atoms with E-state index in [1.165, 1.54) is 6.42 Å². The molecular weight excluding hydrogens is 254 g/mol. The lowest BCUT2D eigenvalue weighted by Crippen LogP contribution is -2.31. The Bertz CT molecular complexity index is 406. The number of aryl methyl sites for hydroxylation is 2. The first-order valence-corrected chi connectivity index (χ1v) is 7.65. The van der Waals surface area contributed by atoms with Crippen molar-refractivity contribution in [3.8, 4) is 0 Å². The molecule has 0 bridgehead atoms. The molecule has 2 atom stereocenters. The predicted molar refractivity (Wildman–Crippen MR) is 80.1 cm³/mol. The summed E-state index contributed by atoms with van der Waals surface area (Å²) in [5, 5.41) is 3.56. The molecule has 0 radical (unpaired) electrons. The molecular formula is C15H27N3O2. The van der Waals surface area contributed by atoms with Gasteiger partial charge in [0.2, 0.25) is 5.95 Å². The molecule has 1 aliphatic carbocycles. The second kappa shape index (κ2) is 7.64. The predicted octanol–water partition coefficient (Wildman–Crippen LogP) is 2.60. The van der Waals surface area contributed by atoms with E-state index in [0.29, 0.717) is 12.1 Å². The van der Waals surface area contributed by atoms with Crippen LogP contribution in [-0.2, 0) is 16.0 Å². The van der Waals surface area contributed by atoms with Crippen LogP contribution in [0.3, 0.4) is 0 Å². The number of anilines is 1. The normalized spacial score (nSPS) is 22.4. The van der Waals surface area contributed by atoms with Crippen molar-refractivity contribution in [1.82, 2.24) is 9.55 Å². The molecule has 20 heavy (non-hydrogen) atoms. The lowest BCUT2D eigenvalue weighted by atomic mass is 10.2. The van der Waals surface area contributed by atoms with Crippen LogP contribution in [0, 0.1) is 6.92 Å². The van der Waals surface area contributed by atoms with E-state index in [-0.39, 0.29) is 0 Å². The molecule has 0 spiro atoms. The summed E-state index contributed by atoms with van der Waals surface area (Å²) in [5.41, 5.74) is 1.05. The molecule has 2 rings (SSSR count). The van der Waals surface area contributed by atoms with Crippen molar-refractivity contribution in [2.75, 3.05) is 25.6 Å². The lowest BCUT2D eigenvalue weighted by molar-refractivity contribution is 0.100. The first kappa shape index (κ1) is 15.3. The van der Waals surface area contributed by atoms with Gasteiger partial charge in [0, 0.05) is 33.1 Å². The van der Waals surface area contributed by atoms with Gasteiger partial charge in [0.1, 0.15) is 0 Å². The van der Waals surface area contributed by atoms with Crippen LogP contribution in [0.25, 0.3) is 0 Å². The first-order valence-electron chi connectivity index (χ1n) is 7.65. The van der Waals surface area contributed by atoms with Crippen LogP contribution in [0.4, 0.5) is 5.95 Å². The zero-order chi connectivity index (χ0) is 14.4. The summed E-state index contributed by atoms with van der Waals surface area (Å²) in [6, 6.07) is 0.382. The molecule has 1 aliphatic rings. The maximum atomic E-state index is 5.54. The van der Waals surface area contributed by atoms with E-state index in [1.807, 2.05) is 13.8 Å². The Labute approximate surface area is 121 Å². The van der Waals surface area contributed by atoms with Crippen LogP contribution in [-0.4, -0.2) is 42.0 Å². The Hall–Kier alpha value is -1.07. The molecule has 0 saturated heterocycles. The number of imidazole rings is 1. The van der Waals surface area contributed by atoms with Crippen molar-refractivity contribution in [3.63, 3.8) is 0 Å². The number of aromatic nitrogens is 2. The van der Waals surface area contributed by atoms with Crippen molar-refractivity contribution >= 4 is 5.95 Å². The van der Waals surface area contributed by atoms with E-state index >= 15 is 0 Å². The standard InChI is InChI=1S/C15H27N3O2/c1-4-20-10-6-9-18-11-12(2)16-15(18)17-13-7-5-8-14(13)19-3/h11,13-14H,4-10H2,1-3H3,(H,16,17). The van der Waals surface area contributed by atoms with Crippen molar-refractivity contribution < 1.29 is 9.47 Å². The molecule has 1 fully saturated rings. The number of rotatable bonds is 8. The Balaban J connectivity index is 1.93. The van der Waals surface area contributed by atoms with Crippen LogP contribution in [0.5, 0.6) is 0 Å². The number of methoxy groups -OCH3 is 1. The quantitative estimate of drug-likeness (QED) is 0.744. The highest BCUT2D eigenvalue weighted by Gasteiger charge is 2.28. The molecule has 5 heteroatoms. The Kier molecular flexibility index (Phi) is 5.86. The van der Waals surface area contributed by atoms with E-state index in [0.717, 1.165) is 50.7 Å². The second-order valence-electron chi connectivity index (χ2n) is 5.41. The highest BCUT2D eigenvalue weighted by molar-refractivity contribution is 5.31. The van der Waals surface area contributed by atoms with Crippen LogP contribution in [0.2, 0.25) is 0 Å². The summed E-state index contributed by atoms with van der Waals surface area (Å²) < 4.78 is 13.1. The summed E-state index contributed by atoms with van der Waals surface area (Å²) in [6.07, 6.45) is 6.94. The maximum Gasteiger partial charge on any atom is 0.203 e. The molecule has 1 heterocycles. The molecule has 114 valence electrons. The van der Waals surface area contributed by atoms with Gasteiger partial charge in [0.25, 0.3) is 0 Å². The minimum atomic E-state index is 0.309. The van der Waals surface area contributed by atoms with Crippen LogP contribution < -0.4 is 5.32 Å². The number of ether oxygens (including phenoxy) is 2. The minimum Gasteiger partial charge on any atom is -0.382 e. The average molecular weight is 281 g/mol. The van der Waals surface area contributed by atoms with Crippen LogP contribution in [0.15, 0.2) is 6.20 Å². The van der Waals surface area contributed by atoms with Crippen LogP contribution in [0.1, 0.15) is 38.3 Å². The zero-order valence-electron chi connectivity index (χ0n) is 12.9. The number of hydrogen-bond acceptors (Lipinski definition) is 4. The van der Waals surface area contributed by atoms with Gasteiger partial charge < -0.3 is 19.4 Å². The fourth-order valence-electron chi connectivity index (χ4n) is 2.85. The maximum absolute atomic E-state index is 5.54. The fraction of sp³-hybridized carbons (Fsp3) is 0.800. The average Bonchev–Trinajstić information content (AvgIpc) is 3.02. The third-order valence-corrected chi connectivity index (χ3v) is 3.86. The molecule has 1 N–H and O–H groups in total. The summed E-state index contributed by atoms with van der Waals surface area (Å²) in [7, 11) is 1.80. The number of hydrogen-bond donors (Lipinski definition) is 1. The number of nitrogens with zero attached hydrogens (tertiary/aromatic N) is 2. The van der Waals surface area contributed by atoms with Gasteiger partial charge in [0.05, 0.1) is 17.8 Å². The van der Waals surface area contributed by atoms with Gasteiger partial charge in [-0.25, -0.2) is 4.98 Å². The van der Waals surface area contributed by atoms with Gasteiger partial charge in [-0.05, 0) is 39.5 Å². The van der Waals surface area contributed by atoms with Gasteiger partial charge in [-0.15, -0.1) is 0 Å². The van der Waals surface area contributed by atoms with Crippen LogP contribution >= 0.6 is 0 Å². The second-order valence-corrected chi connectivity index (χ2v) is 5.41. The molecule has 0 aromatic carbocycles. The molecule has 1 aromatic heterocycles.